The number of rotatable bonds is 8. The topological polar surface area (TPSA) is 123 Å². The summed E-state index contributed by atoms with van der Waals surface area (Å²) in [5.41, 5.74) is 1.21. The maximum absolute atomic E-state index is 11.5. The molecule has 0 radical (unpaired) electrons. The van der Waals surface area contributed by atoms with Crippen LogP contribution in [0.2, 0.25) is 0 Å². The van der Waals surface area contributed by atoms with Gasteiger partial charge in [0.25, 0.3) is 0 Å². The van der Waals surface area contributed by atoms with E-state index in [1.165, 1.54) is 12.1 Å². The van der Waals surface area contributed by atoms with Crippen molar-refractivity contribution in [2.45, 2.75) is 6.92 Å². The molecule has 0 amide bonds. The van der Waals surface area contributed by atoms with E-state index in [-0.39, 0.29) is 28.6 Å². The standard InChI is InChI=1S/C18H21N3O2.C2H4O2.Mn/c22-17-7-3-1-5-15(17)13-20-11-9-19-10-12-21-14-16-6-2-4-8-18(16)23;1-2(3)4;/h1-8,13-14,19,22-23H,9-12H2;1H3,(H,3,4);/q;;+3/p-3. The molecule has 2 rings (SSSR count). The Labute approximate surface area is 175 Å². The summed E-state index contributed by atoms with van der Waals surface area (Å²) in [6.45, 7) is 3.60. The summed E-state index contributed by atoms with van der Waals surface area (Å²) in [5, 5.41) is 35.0. The monoisotopic (exact) mass is 423 g/mol. The third-order valence-corrected chi connectivity index (χ3v) is 3.13. The third kappa shape index (κ3) is 11.9. The van der Waals surface area contributed by atoms with Crippen molar-refractivity contribution >= 4 is 18.4 Å². The Morgan fingerprint density at radius 2 is 1.25 bits per heavy atom. The Hall–Kier alpha value is -2.67. The van der Waals surface area contributed by atoms with Crippen molar-refractivity contribution in [3.63, 3.8) is 0 Å². The number of aliphatic imine (C=N–C) groups is 2. The minimum absolute atomic E-state index is 0. The fourth-order valence-corrected chi connectivity index (χ4v) is 1.91. The zero-order valence-corrected chi connectivity index (χ0v) is 16.7. The van der Waals surface area contributed by atoms with Gasteiger partial charge in [-0.2, -0.15) is 0 Å². The number of aliphatic carboxylic acids is 1. The van der Waals surface area contributed by atoms with Gasteiger partial charge in [-0.1, -0.05) is 48.5 Å². The molecular formula is C20H22MnN3O4. The van der Waals surface area contributed by atoms with Crippen LogP contribution in [-0.2, 0) is 21.9 Å². The van der Waals surface area contributed by atoms with Crippen LogP contribution in [-0.4, -0.2) is 44.6 Å². The second-order valence-electron chi connectivity index (χ2n) is 5.39. The smallest absolute Gasteiger partial charge is 0.872 e. The number of nitrogens with zero attached hydrogens (tertiary/aromatic N) is 2. The number of nitrogens with one attached hydrogen (secondary N) is 1. The minimum atomic E-state index is -1.08. The minimum Gasteiger partial charge on any atom is -0.872 e. The molecule has 2 aromatic carbocycles. The zero-order valence-electron chi connectivity index (χ0n) is 15.5. The van der Waals surface area contributed by atoms with Crippen molar-refractivity contribution in [2.75, 3.05) is 26.2 Å². The summed E-state index contributed by atoms with van der Waals surface area (Å²) in [5.74, 6) is -1.12. The second-order valence-corrected chi connectivity index (χ2v) is 5.39. The van der Waals surface area contributed by atoms with Gasteiger partial charge < -0.3 is 25.4 Å². The average molecular weight is 423 g/mol. The Balaban J connectivity index is 0.00000133. The van der Waals surface area contributed by atoms with Gasteiger partial charge in [-0.05, 0) is 18.1 Å². The van der Waals surface area contributed by atoms with Gasteiger partial charge in [0, 0.05) is 31.5 Å². The SMILES string of the molecule is CC(=O)[O-].[Mn+3].[O-]c1ccccc1C=NCCNCCN=Cc1ccccc1[O-]. The van der Waals surface area contributed by atoms with Crippen LogP contribution in [0, 0.1) is 0 Å². The van der Waals surface area contributed by atoms with Crippen molar-refractivity contribution in [3.05, 3.63) is 59.7 Å². The number of carboxylic acid groups (broad SMARTS) is 1. The maximum Gasteiger partial charge on any atom is 3.00 e. The molecule has 0 aliphatic heterocycles. The molecule has 0 heterocycles. The Bertz CT molecular complexity index is 705. The van der Waals surface area contributed by atoms with E-state index in [0.717, 1.165) is 6.92 Å². The summed E-state index contributed by atoms with van der Waals surface area (Å²) in [6.07, 6.45) is 3.21. The molecule has 0 fully saturated rings. The molecule has 0 atom stereocenters. The van der Waals surface area contributed by atoms with Gasteiger partial charge in [-0.15, -0.1) is 11.5 Å². The Kier molecular flexibility index (Phi) is 13.9. The first-order valence-electron chi connectivity index (χ1n) is 8.40. The second kappa shape index (κ2) is 15.4. The number of carboxylic acids is 1. The molecule has 0 spiro atoms. The van der Waals surface area contributed by atoms with E-state index in [1.54, 1.807) is 36.7 Å². The van der Waals surface area contributed by atoms with E-state index in [4.69, 9.17) is 9.90 Å². The molecule has 1 N–H and O–H groups in total. The molecule has 0 aromatic heterocycles. The molecular weight excluding hydrogens is 401 g/mol. The zero-order chi connectivity index (χ0) is 19.9. The number of carbonyl (C=O) groups is 1. The summed E-state index contributed by atoms with van der Waals surface area (Å²) in [4.78, 5) is 17.3. The predicted molar refractivity (Wildman–Crippen MR) is 100 cm³/mol. The molecule has 148 valence electrons. The van der Waals surface area contributed by atoms with E-state index >= 15 is 0 Å². The van der Waals surface area contributed by atoms with Gasteiger partial charge in [0.05, 0.1) is 13.1 Å². The summed E-state index contributed by atoms with van der Waals surface area (Å²) >= 11 is 0. The van der Waals surface area contributed by atoms with Crippen LogP contribution in [0.3, 0.4) is 0 Å². The van der Waals surface area contributed by atoms with Crippen molar-refractivity contribution in [1.29, 1.82) is 0 Å². The molecule has 0 unspecified atom stereocenters. The normalized spacial score (nSPS) is 10.3. The molecule has 8 heteroatoms. The average Bonchev–Trinajstić information content (AvgIpc) is 2.62. The third-order valence-electron chi connectivity index (χ3n) is 3.13. The predicted octanol–water partition coefficient (Wildman–Crippen LogP) is -0.285. The number of hydrogen-bond donors (Lipinski definition) is 1. The Morgan fingerprint density at radius 1 is 0.893 bits per heavy atom. The fourth-order valence-electron chi connectivity index (χ4n) is 1.91. The van der Waals surface area contributed by atoms with Gasteiger partial charge in [-0.25, -0.2) is 0 Å². The largest absolute Gasteiger partial charge is 3.00 e. The van der Waals surface area contributed by atoms with Crippen LogP contribution in [0.15, 0.2) is 58.5 Å². The quantitative estimate of drug-likeness (QED) is 0.355. The van der Waals surface area contributed by atoms with Crippen LogP contribution >= 0.6 is 0 Å². The van der Waals surface area contributed by atoms with E-state index in [2.05, 4.69) is 15.3 Å². The van der Waals surface area contributed by atoms with Crippen molar-refractivity contribution in [3.8, 4) is 11.5 Å². The maximum atomic E-state index is 11.5. The van der Waals surface area contributed by atoms with Gasteiger partial charge in [0.1, 0.15) is 0 Å². The van der Waals surface area contributed by atoms with Crippen molar-refractivity contribution in [2.24, 2.45) is 9.98 Å². The fraction of sp³-hybridized carbons (Fsp3) is 0.250. The van der Waals surface area contributed by atoms with Crippen LogP contribution < -0.4 is 20.6 Å². The molecule has 0 aliphatic carbocycles. The van der Waals surface area contributed by atoms with Crippen LogP contribution in [0.5, 0.6) is 11.5 Å². The van der Waals surface area contributed by atoms with Crippen LogP contribution in [0.4, 0.5) is 0 Å². The van der Waals surface area contributed by atoms with Crippen LogP contribution in [0.1, 0.15) is 18.1 Å². The first-order valence-corrected chi connectivity index (χ1v) is 8.40. The van der Waals surface area contributed by atoms with Gasteiger partial charge in [-0.3, -0.25) is 9.98 Å². The van der Waals surface area contributed by atoms with E-state index in [0.29, 0.717) is 37.3 Å². The van der Waals surface area contributed by atoms with Gasteiger partial charge >= 0.3 is 17.1 Å². The number of para-hydroxylation sites is 2. The van der Waals surface area contributed by atoms with E-state index < -0.39 is 5.97 Å². The summed E-state index contributed by atoms with van der Waals surface area (Å²) in [7, 11) is 0. The molecule has 0 saturated carbocycles. The van der Waals surface area contributed by atoms with Crippen molar-refractivity contribution in [1.82, 2.24) is 5.32 Å². The molecule has 28 heavy (non-hydrogen) atoms. The number of benzene rings is 2. The first kappa shape index (κ1) is 25.3. The molecule has 0 saturated heterocycles. The molecule has 0 aliphatic rings. The van der Waals surface area contributed by atoms with Crippen LogP contribution in [0.25, 0.3) is 0 Å². The Morgan fingerprint density at radius 3 is 1.61 bits per heavy atom. The van der Waals surface area contributed by atoms with E-state index in [9.17, 15) is 10.2 Å². The molecule has 0 bridgehead atoms. The molecule has 2 aromatic rings. The van der Waals surface area contributed by atoms with Gasteiger partial charge in [0.15, 0.2) is 0 Å². The van der Waals surface area contributed by atoms with Crippen molar-refractivity contribution < 1.29 is 37.2 Å². The number of carbonyl (C=O) groups excluding carboxylic acids is 1. The molecule has 7 nitrogen and oxygen atoms in total. The first-order chi connectivity index (χ1) is 13.0. The van der Waals surface area contributed by atoms with E-state index in [1.807, 2.05) is 12.1 Å². The summed E-state index contributed by atoms with van der Waals surface area (Å²) < 4.78 is 0. The van der Waals surface area contributed by atoms with Gasteiger partial charge in [0.2, 0.25) is 0 Å². The number of hydrogen-bond acceptors (Lipinski definition) is 7. The summed E-state index contributed by atoms with van der Waals surface area (Å²) in [6, 6.07) is 13.6.